The Morgan fingerprint density at radius 2 is 1.92 bits per heavy atom. The van der Waals surface area contributed by atoms with Crippen LogP contribution in [0.3, 0.4) is 0 Å². The molecule has 5 heteroatoms. The molecular weight excluding hydrogens is 330 g/mol. The molecule has 26 heavy (non-hydrogen) atoms. The lowest BCUT2D eigenvalue weighted by molar-refractivity contribution is -0.172. The predicted molar refractivity (Wildman–Crippen MR) is 96.1 cm³/mol. The lowest BCUT2D eigenvalue weighted by atomic mass is 9.45. The molecule has 4 fully saturated rings. The number of carbonyl (C=O) groups excluding carboxylic acids is 3. The quantitative estimate of drug-likeness (QED) is 0.768. The minimum absolute atomic E-state index is 0.0224. The first-order chi connectivity index (χ1) is 12.3. The van der Waals surface area contributed by atoms with Crippen molar-refractivity contribution in [2.75, 3.05) is 6.61 Å². The lowest BCUT2D eigenvalue weighted by Crippen LogP contribution is -2.64. The molecule has 0 aromatic heterocycles. The van der Waals surface area contributed by atoms with Crippen LogP contribution in [0.4, 0.5) is 0 Å². The Morgan fingerprint density at radius 1 is 1.15 bits per heavy atom. The van der Waals surface area contributed by atoms with Crippen molar-refractivity contribution in [3.05, 3.63) is 0 Å². The summed E-state index contributed by atoms with van der Waals surface area (Å²) < 4.78 is 5.44. The molecule has 144 valence electrons. The van der Waals surface area contributed by atoms with Crippen LogP contribution in [-0.4, -0.2) is 30.3 Å². The molecule has 0 aromatic carbocycles. The smallest absolute Gasteiger partial charge is 0.309 e. The average molecular weight is 361 g/mol. The Labute approximate surface area is 155 Å². The number of nitrogens with one attached hydrogen (secondary N) is 1. The molecule has 5 nitrogen and oxygen atoms in total. The molecule has 0 aromatic rings. The normalized spacial score (nSPS) is 47.4. The first kappa shape index (κ1) is 18.0. The van der Waals surface area contributed by atoms with Gasteiger partial charge in [-0.15, -0.1) is 0 Å². The fraction of sp³-hybridized carbons (Fsp3) is 0.857. The van der Waals surface area contributed by atoms with Crippen LogP contribution < -0.4 is 5.32 Å². The number of carbonyl (C=O) groups is 3. The highest BCUT2D eigenvalue weighted by atomic mass is 16.5. The van der Waals surface area contributed by atoms with Gasteiger partial charge in [-0.25, -0.2) is 0 Å². The van der Waals surface area contributed by atoms with Crippen LogP contribution in [0.25, 0.3) is 0 Å². The van der Waals surface area contributed by atoms with Crippen molar-refractivity contribution in [1.82, 2.24) is 5.32 Å². The first-order valence-electron chi connectivity index (χ1n) is 10.3. The summed E-state index contributed by atoms with van der Waals surface area (Å²) in [6.07, 6.45) is 5.56. The maximum Gasteiger partial charge on any atom is 0.309 e. The molecule has 4 rings (SSSR count). The van der Waals surface area contributed by atoms with E-state index in [4.69, 9.17) is 4.74 Å². The van der Waals surface area contributed by atoms with Gasteiger partial charge in [0.05, 0.1) is 12.5 Å². The van der Waals surface area contributed by atoms with Crippen molar-refractivity contribution in [3.8, 4) is 0 Å². The number of amides is 1. The molecule has 4 aliphatic rings. The van der Waals surface area contributed by atoms with Gasteiger partial charge in [0.25, 0.3) is 0 Å². The van der Waals surface area contributed by atoms with Gasteiger partial charge in [-0.1, -0.05) is 13.8 Å². The van der Waals surface area contributed by atoms with Crippen LogP contribution in [0.5, 0.6) is 0 Å². The molecule has 0 bridgehead atoms. The van der Waals surface area contributed by atoms with E-state index in [0.717, 1.165) is 25.7 Å². The standard InChI is InChI=1S/C21H31NO4/c1-4-26-19(25)12-11-15-20(2,10-8-17(24)22-15)14-7-9-21(3)13(18(12)14)5-6-16(21)23/h12-15,18H,4-11H2,1-3H3,(H,22,24)/t12?,13-,14+,15?,18-,20+,21-/m0/s1. The number of Topliss-reactive ketones (excluding diaryl/α,β-unsaturated/α-hetero) is 1. The third-order valence-corrected chi connectivity index (χ3v) is 8.45. The van der Waals surface area contributed by atoms with E-state index in [1.807, 2.05) is 6.92 Å². The van der Waals surface area contributed by atoms with Crippen molar-refractivity contribution in [2.45, 2.75) is 71.8 Å². The summed E-state index contributed by atoms with van der Waals surface area (Å²) in [5.74, 6) is 1.01. The number of hydrogen-bond acceptors (Lipinski definition) is 4. The molecular formula is C21H31NO4. The molecule has 3 saturated carbocycles. The monoisotopic (exact) mass is 361 g/mol. The van der Waals surface area contributed by atoms with Crippen LogP contribution in [0, 0.1) is 34.5 Å². The minimum atomic E-state index is -0.271. The summed E-state index contributed by atoms with van der Waals surface area (Å²) in [5, 5.41) is 3.18. The van der Waals surface area contributed by atoms with Crippen LogP contribution in [0.2, 0.25) is 0 Å². The van der Waals surface area contributed by atoms with Crippen molar-refractivity contribution >= 4 is 17.7 Å². The maximum atomic E-state index is 12.9. The van der Waals surface area contributed by atoms with E-state index >= 15 is 0 Å². The zero-order valence-electron chi connectivity index (χ0n) is 16.2. The van der Waals surface area contributed by atoms with Crippen molar-refractivity contribution < 1.29 is 19.1 Å². The molecule has 1 aliphatic heterocycles. The van der Waals surface area contributed by atoms with Gasteiger partial charge >= 0.3 is 5.97 Å². The van der Waals surface area contributed by atoms with Gasteiger partial charge in [0, 0.05) is 24.3 Å². The van der Waals surface area contributed by atoms with Gasteiger partial charge in [0.1, 0.15) is 5.78 Å². The van der Waals surface area contributed by atoms with Crippen LogP contribution in [0.1, 0.15) is 65.7 Å². The molecule has 1 N–H and O–H groups in total. The highest BCUT2D eigenvalue weighted by Crippen LogP contribution is 2.64. The summed E-state index contributed by atoms with van der Waals surface area (Å²) in [7, 11) is 0. The van der Waals surface area contributed by atoms with Crippen LogP contribution in [-0.2, 0) is 19.1 Å². The summed E-state index contributed by atoms with van der Waals surface area (Å²) in [6, 6.07) is 0.0425. The molecule has 1 saturated heterocycles. The van der Waals surface area contributed by atoms with Crippen molar-refractivity contribution in [1.29, 1.82) is 0 Å². The Morgan fingerprint density at radius 3 is 2.65 bits per heavy atom. The Kier molecular flexibility index (Phi) is 4.20. The highest BCUT2D eigenvalue weighted by Gasteiger charge is 2.64. The fourth-order valence-corrected chi connectivity index (χ4v) is 6.97. The van der Waals surface area contributed by atoms with Gasteiger partial charge in [0.2, 0.25) is 5.91 Å². The fourth-order valence-electron chi connectivity index (χ4n) is 6.97. The van der Waals surface area contributed by atoms with Gasteiger partial charge in [-0.05, 0) is 62.2 Å². The number of esters is 1. The van der Waals surface area contributed by atoms with E-state index in [9.17, 15) is 14.4 Å². The number of ketones is 1. The second-order valence-electron chi connectivity index (χ2n) is 9.43. The van der Waals surface area contributed by atoms with E-state index in [1.165, 1.54) is 0 Å². The SMILES string of the molecule is CCOC(=O)C1CC2NC(=O)CC[C@]2(C)[C@@H]2CC[C@]3(C)C(=O)CC[C@H]3[C@H]12. The van der Waals surface area contributed by atoms with Gasteiger partial charge < -0.3 is 10.1 Å². The Hall–Kier alpha value is -1.39. The third-order valence-electron chi connectivity index (χ3n) is 8.45. The minimum Gasteiger partial charge on any atom is -0.466 e. The maximum absolute atomic E-state index is 12.9. The van der Waals surface area contributed by atoms with E-state index in [1.54, 1.807) is 0 Å². The van der Waals surface area contributed by atoms with Crippen molar-refractivity contribution in [3.63, 3.8) is 0 Å². The lowest BCUT2D eigenvalue weighted by Gasteiger charge is -2.61. The molecule has 0 radical (unpaired) electrons. The van der Waals surface area contributed by atoms with Crippen LogP contribution >= 0.6 is 0 Å². The zero-order chi connectivity index (χ0) is 18.7. The highest BCUT2D eigenvalue weighted by molar-refractivity contribution is 5.87. The summed E-state index contributed by atoms with van der Waals surface area (Å²) in [5.41, 5.74) is -0.248. The number of piperidine rings is 1. The number of fused-ring (bicyclic) bond motifs is 5. The molecule has 7 atom stereocenters. The van der Waals surface area contributed by atoms with Gasteiger partial charge in [-0.3, -0.25) is 14.4 Å². The number of rotatable bonds is 2. The molecule has 2 unspecified atom stereocenters. The molecule has 1 amide bonds. The number of ether oxygens (including phenoxy) is 1. The third kappa shape index (κ3) is 2.38. The van der Waals surface area contributed by atoms with Gasteiger partial charge in [-0.2, -0.15) is 0 Å². The molecule has 0 spiro atoms. The van der Waals surface area contributed by atoms with Gasteiger partial charge in [0.15, 0.2) is 0 Å². The average Bonchev–Trinajstić information content (AvgIpc) is 2.90. The summed E-state index contributed by atoms with van der Waals surface area (Å²) >= 11 is 0. The first-order valence-corrected chi connectivity index (χ1v) is 10.3. The Bertz CT molecular complexity index is 646. The second kappa shape index (κ2) is 6.07. The van der Waals surface area contributed by atoms with E-state index < -0.39 is 0 Å². The van der Waals surface area contributed by atoms with E-state index in [2.05, 4.69) is 19.2 Å². The predicted octanol–water partition coefficient (Wildman–Crippen LogP) is 2.87. The van der Waals surface area contributed by atoms with Crippen LogP contribution in [0.15, 0.2) is 0 Å². The zero-order valence-corrected chi connectivity index (χ0v) is 16.2. The van der Waals surface area contributed by atoms with Crippen molar-refractivity contribution in [2.24, 2.45) is 34.5 Å². The largest absolute Gasteiger partial charge is 0.466 e. The Balaban J connectivity index is 1.74. The molecule has 3 aliphatic carbocycles. The topological polar surface area (TPSA) is 72.5 Å². The summed E-state index contributed by atoms with van der Waals surface area (Å²) in [6.45, 7) is 6.65. The number of hydrogen-bond donors (Lipinski definition) is 1. The summed E-state index contributed by atoms with van der Waals surface area (Å²) in [4.78, 5) is 37.5. The molecule has 1 heterocycles. The second-order valence-corrected chi connectivity index (χ2v) is 9.43. The van der Waals surface area contributed by atoms with E-state index in [0.29, 0.717) is 37.6 Å². The van der Waals surface area contributed by atoms with E-state index in [-0.39, 0.29) is 46.5 Å².